The van der Waals surface area contributed by atoms with Crippen molar-refractivity contribution in [3.63, 3.8) is 0 Å². The van der Waals surface area contributed by atoms with Gasteiger partial charge in [0.15, 0.2) is 0 Å². The van der Waals surface area contributed by atoms with Crippen molar-refractivity contribution in [3.8, 4) is 5.75 Å². The molecule has 110 valence electrons. The maximum atomic E-state index is 12.8. The van der Waals surface area contributed by atoms with Gasteiger partial charge in [-0.25, -0.2) is 4.39 Å². The number of amides is 1. The zero-order valence-electron chi connectivity index (χ0n) is 11.9. The van der Waals surface area contributed by atoms with E-state index in [0.717, 1.165) is 10.5 Å². The van der Waals surface area contributed by atoms with Gasteiger partial charge in [-0.2, -0.15) is 0 Å². The minimum absolute atomic E-state index is 0.219. The summed E-state index contributed by atoms with van der Waals surface area (Å²) >= 11 is 1.58. The van der Waals surface area contributed by atoms with Crippen molar-refractivity contribution in [2.45, 2.75) is 11.4 Å². The van der Waals surface area contributed by atoms with Crippen molar-refractivity contribution in [1.29, 1.82) is 0 Å². The monoisotopic (exact) mass is 305 g/mol. The summed E-state index contributed by atoms with van der Waals surface area (Å²) in [6.45, 7) is 0.340. The van der Waals surface area contributed by atoms with Crippen LogP contribution in [0.25, 0.3) is 0 Å². The van der Waals surface area contributed by atoms with E-state index in [4.69, 9.17) is 4.74 Å². The Morgan fingerprint density at radius 3 is 2.57 bits per heavy atom. The van der Waals surface area contributed by atoms with Crippen molar-refractivity contribution in [2.75, 3.05) is 13.4 Å². The number of carbonyl (C=O) groups excluding carboxylic acids is 1. The summed E-state index contributed by atoms with van der Waals surface area (Å²) in [4.78, 5) is 13.2. The molecule has 5 heteroatoms. The van der Waals surface area contributed by atoms with Gasteiger partial charge in [0.25, 0.3) is 5.91 Å². The molecule has 0 fully saturated rings. The lowest BCUT2D eigenvalue weighted by atomic mass is 10.1. The second kappa shape index (κ2) is 7.13. The van der Waals surface area contributed by atoms with Crippen molar-refractivity contribution in [2.24, 2.45) is 0 Å². The Morgan fingerprint density at radius 1 is 1.24 bits per heavy atom. The van der Waals surface area contributed by atoms with Gasteiger partial charge in [-0.15, -0.1) is 11.8 Å². The minimum Gasteiger partial charge on any atom is -0.496 e. The van der Waals surface area contributed by atoms with Crippen LogP contribution in [0, 0.1) is 5.82 Å². The summed E-state index contributed by atoms with van der Waals surface area (Å²) < 4.78 is 18.1. The second-order valence-electron chi connectivity index (χ2n) is 4.38. The number of hydrogen-bond donors (Lipinski definition) is 1. The molecule has 2 aromatic carbocycles. The van der Waals surface area contributed by atoms with E-state index in [1.54, 1.807) is 30.0 Å². The van der Waals surface area contributed by atoms with Crippen LogP contribution in [0.4, 0.5) is 4.39 Å². The van der Waals surface area contributed by atoms with E-state index in [1.807, 2.05) is 18.4 Å². The van der Waals surface area contributed by atoms with Crippen molar-refractivity contribution in [1.82, 2.24) is 5.32 Å². The normalized spacial score (nSPS) is 10.2. The van der Waals surface area contributed by atoms with Gasteiger partial charge >= 0.3 is 0 Å². The highest BCUT2D eigenvalue weighted by molar-refractivity contribution is 7.98. The number of methoxy groups -OCH3 is 1. The van der Waals surface area contributed by atoms with Gasteiger partial charge in [0.2, 0.25) is 0 Å². The molecule has 1 N–H and O–H groups in total. The third-order valence-corrected chi connectivity index (χ3v) is 3.74. The molecule has 0 heterocycles. The van der Waals surface area contributed by atoms with Crippen LogP contribution in [0.15, 0.2) is 47.4 Å². The minimum atomic E-state index is -0.292. The van der Waals surface area contributed by atoms with E-state index >= 15 is 0 Å². The average Bonchev–Trinajstić information content (AvgIpc) is 2.53. The number of nitrogens with one attached hydrogen (secondary N) is 1. The maximum absolute atomic E-state index is 12.8. The molecule has 0 saturated heterocycles. The Balaban J connectivity index is 2.07. The van der Waals surface area contributed by atoms with Gasteiger partial charge in [-0.05, 0) is 42.2 Å². The van der Waals surface area contributed by atoms with Crippen LogP contribution in [-0.4, -0.2) is 19.3 Å². The smallest absolute Gasteiger partial charge is 0.255 e. The molecule has 1 amide bonds. The quantitative estimate of drug-likeness (QED) is 0.859. The lowest BCUT2D eigenvalue weighted by molar-refractivity contribution is 0.0948. The molecule has 3 nitrogen and oxygen atoms in total. The fourth-order valence-electron chi connectivity index (χ4n) is 1.87. The summed E-state index contributed by atoms with van der Waals surface area (Å²) in [5, 5.41) is 2.80. The van der Waals surface area contributed by atoms with Crippen molar-refractivity contribution in [3.05, 3.63) is 59.4 Å². The van der Waals surface area contributed by atoms with E-state index in [2.05, 4.69) is 5.32 Å². The summed E-state index contributed by atoms with van der Waals surface area (Å²) in [6, 6.07) is 11.5. The maximum Gasteiger partial charge on any atom is 0.255 e. The summed E-state index contributed by atoms with van der Waals surface area (Å²) in [6.07, 6.45) is 1.96. The van der Waals surface area contributed by atoms with E-state index in [0.29, 0.717) is 17.9 Å². The van der Waals surface area contributed by atoms with E-state index in [-0.39, 0.29) is 11.7 Å². The van der Waals surface area contributed by atoms with Crippen molar-refractivity contribution < 1.29 is 13.9 Å². The average molecular weight is 305 g/mol. The fraction of sp³-hybridized carbons (Fsp3) is 0.188. The largest absolute Gasteiger partial charge is 0.496 e. The highest BCUT2D eigenvalue weighted by Crippen LogP contribution is 2.25. The van der Waals surface area contributed by atoms with Crippen LogP contribution in [0.5, 0.6) is 5.75 Å². The van der Waals surface area contributed by atoms with E-state index in [9.17, 15) is 9.18 Å². The van der Waals surface area contributed by atoms with E-state index in [1.165, 1.54) is 19.2 Å². The first-order valence-corrected chi connectivity index (χ1v) is 7.61. The Kier molecular flexibility index (Phi) is 5.22. The van der Waals surface area contributed by atoms with Crippen LogP contribution in [0.1, 0.15) is 15.9 Å². The molecule has 0 unspecified atom stereocenters. The molecular formula is C16H16FNO2S. The molecule has 0 radical (unpaired) electrons. The molecule has 21 heavy (non-hydrogen) atoms. The molecular weight excluding hydrogens is 289 g/mol. The molecule has 0 atom stereocenters. The zero-order chi connectivity index (χ0) is 15.2. The van der Waals surface area contributed by atoms with Gasteiger partial charge in [0.05, 0.1) is 12.7 Å². The number of rotatable bonds is 5. The predicted molar refractivity (Wildman–Crippen MR) is 82.3 cm³/mol. The molecule has 2 aromatic rings. The van der Waals surface area contributed by atoms with E-state index < -0.39 is 0 Å². The molecule has 0 spiro atoms. The molecule has 0 aliphatic rings. The van der Waals surface area contributed by atoms with Crippen molar-refractivity contribution >= 4 is 17.7 Å². The van der Waals surface area contributed by atoms with Gasteiger partial charge < -0.3 is 10.1 Å². The van der Waals surface area contributed by atoms with Crippen LogP contribution in [-0.2, 0) is 6.54 Å². The number of hydrogen-bond acceptors (Lipinski definition) is 3. The standard InChI is InChI=1S/C16H16FNO2S/c1-20-15-9-13(21-2)7-8-14(15)16(19)18-10-11-3-5-12(17)6-4-11/h3-9H,10H2,1-2H3,(H,18,19). The second-order valence-corrected chi connectivity index (χ2v) is 5.26. The predicted octanol–water partition coefficient (Wildman–Crippen LogP) is 3.49. The number of halogens is 1. The first kappa shape index (κ1) is 15.4. The number of ether oxygens (including phenoxy) is 1. The summed E-state index contributed by atoms with van der Waals surface area (Å²) in [7, 11) is 1.54. The first-order valence-electron chi connectivity index (χ1n) is 6.38. The third kappa shape index (κ3) is 3.98. The van der Waals surface area contributed by atoms with Gasteiger partial charge in [-0.3, -0.25) is 4.79 Å². The SMILES string of the molecule is COc1cc(SC)ccc1C(=O)NCc1ccc(F)cc1. The van der Waals surface area contributed by atoms with Gasteiger partial charge in [-0.1, -0.05) is 12.1 Å². The molecule has 0 aliphatic carbocycles. The number of carbonyl (C=O) groups is 1. The number of benzene rings is 2. The Hall–Kier alpha value is -2.01. The highest BCUT2D eigenvalue weighted by Gasteiger charge is 2.12. The Morgan fingerprint density at radius 2 is 1.95 bits per heavy atom. The Bertz CT molecular complexity index is 629. The molecule has 2 rings (SSSR count). The van der Waals surface area contributed by atoms with Crippen LogP contribution >= 0.6 is 11.8 Å². The molecule has 0 aliphatic heterocycles. The highest BCUT2D eigenvalue weighted by atomic mass is 32.2. The molecule has 0 aromatic heterocycles. The van der Waals surface area contributed by atoms with Crippen LogP contribution in [0.3, 0.4) is 0 Å². The van der Waals surface area contributed by atoms with Gasteiger partial charge in [0, 0.05) is 11.4 Å². The number of thioether (sulfide) groups is 1. The lowest BCUT2D eigenvalue weighted by Crippen LogP contribution is -2.23. The van der Waals surface area contributed by atoms with Crippen LogP contribution < -0.4 is 10.1 Å². The fourth-order valence-corrected chi connectivity index (χ4v) is 2.29. The van der Waals surface area contributed by atoms with Gasteiger partial charge in [0.1, 0.15) is 11.6 Å². The summed E-state index contributed by atoms with van der Waals surface area (Å²) in [5.41, 5.74) is 1.32. The van der Waals surface area contributed by atoms with Crippen LogP contribution in [0.2, 0.25) is 0 Å². The Labute approximate surface area is 127 Å². The molecule has 0 bridgehead atoms. The topological polar surface area (TPSA) is 38.3 Å². The first-order chi connectivity index (χ1) is 10.1. The third-order valence-electron chi connectivity index (χ3n) is 3.02. The summed E-state index contributed by atoms with van der Waals surface area (Å²) in [5.74, 6) is 0.0293. The molecule has 0 saturated carbocycles. The lowest BCUT2D eigenvalue weighted by Gasteiger charge is -2.10. The zero-order valence-corrected chi connectivity index (χ0v) is 12.7.